The summed E-state index contributed by atoms with van der Waals surface area (Å²) in [5, 5.41) is 8.57. The number of aliphatic carboxylic acids is 1. The third-order valence-electron chi connectivity index (χ3n) is 1.95. The van der Waals surface area contributed by atoms with Crippen molar-refractivity contribution in [2.24, 2.45) is 5.73 Å². The second kappa shape index (κ2) is 5.17. The summed E-state index contributed by atoms with van der Waals surface area (Å²) in [5.74, 6) is -3.45. The lowest BCUT2D eigenvalue weighted by Gasteiger charge is -2.14. The zero-order chi connectivity index (χ0) is 13.9. The van der Waals surface area contributed by atoms with Gasteiger partial charge in [0.15, 0.2) is 0 Å². The molecule has 100 valence electrons. The lowest BCUT2D eigenvalue weighted by molar-refractivity contribution is -0.276. The van der Waals surface area contributed by atoms with E-state index in [-0.39, 0.29) is 5.56 Å². The number of alkyl halides is 3. The minimum absolute atomic E-state index is 0.369. The number of carbonyl (C=O) groups is 1. The van der Waals surface area contributed by atoms with Gasteiger partial charge in [0.05, 0.1) is 12.6 Å². The molecular formula is C9H8F4N2O3. The molecule has 1 heterocycles. The highest BCUT2D eigenvalue weighted by molar-refractivity contribution is 5.71. The number of nitrogens with two attached hydrogens (primary N) is 1. The maximum Gasteiger partial charge on any atom is 0.574 e. The zero-order valence-corrected chi connectivity index (χ0v) is 8.79. The molecule has 0 saturated carbocycles. The number of halogens is 4. The molecule has 1 rings (SSSR count). The van der Waals surface area contributed by atoms with Crippen LogP contribution in [0.15, 0.2) is 6.20 Å². The van der Waals surface area contributed by atoms with E-state index in [9.17, 15) is 22.4 Å². The van der Waals surface area contributed by atoms with Crippen molar-refractivity contribution in [3.05, 3.63) is 23.1 Å². The summed E-state index contributed by atoms with van der Waals surface area (Å²) >= 11 is 0. The predicted octanol–water partition coefficient (Wildman–Crippen LogP) is 1.21. The van der Waals surface area contributed by atoms with Crippen LogP contribution in [0.25, 0.3) is 0 Å². The first-order valence-electron chi connectivity index (χ1n) is 4.58. The highest BCUT2D eigenvalue weighted by atomic mass is 19.4. The standard InChI is InChI=1S/C9H8F4N2O3/c10-6-3-15-8(18-9(11,12)13)4(1-7(16)17)5(6)2-14/h3H,1-2,14H2,(H,16,17). The van der Waals surface area contributed by atoms with Gasteiger partial charge in [0.2, 0.25) is 5.88 Å². The Balaban J connectivity index is 3.28. The van der Waals surface area contributed by atoms with Gasteiger partial charge < -0.3 is 15.6 Å². The van der Waals surface area contributed by atoms with Crippen molar-refractivity contribution in [2.45, 2.75) is 19.3 Å². The molecule has 1 aromatic rings. The van der Waals surface area contributed by atoms with Crippen LogP contribution < -0.4 is 10.5 Å². The number of rotatable bonds is 4. The average molecular weight is 268 g/mol. The molecule has 0 spiro atoms. The molecule has 0 saturated heterocycles. The van der Waals surface area contributed by atoms with Crippen LogP contribution in [0.1, 0.15) is 11.1 Å². The number of carboxylic acid groups (broad SMARTS) is 1. The molecular weight excluding hydrogens is 260 g/mol. The summed E-state index contributed by atoms with van der Waals surface area (Å²) in [6.07, 6.45) is -5.43. The molecule has 0 aliphatic heterocycles. The van der Waals surface area contributed by atoms with Crippen molar-refractivity contribution in [2.75, 3.05) is 0 Å². The predicted molar refractivity (Wildman–Crippen MR) is 50.1 cm³/mol. The zero-order valence-electron chi connectivity index (χ0n) is 8.79. The fraction of sp³-hybridized carbons (Fsp3) is 0.333. The smallest absolute Gasteiger partial charge is 0.481 e. The second-order valence-electron chi connectivity index (χ2n) is 3.19. The highest BCUT2D eigenvalue weighted by Gasteiger charge is 2.34. The van der Waals surface area contributed by atoms with E-state index >= 15 is 0 Å². The number of hydrogen-bond donors (Lipinski definition) is 2. The SMILES string of the molecule is NCc1c(F)cnc(OC(F)(F)F)c1CC(=O)O. The summed E-state index contributed by atoms with van der Waals surface area (Å²) in [4.78, 5) is 13.6. The largest absolute Gasteiger partial charge is 0.574 e. The van der Waals surface area contributed by atoms with Crippen LogP contribution in [0.2, 0.25) is 0 Å². The monoisotopic (exact) mass is 268 g/mol. The molecule has 0 amide bonds. The van der Waals surface area contributed by atoms with E-state index in [2.05, 4.69) is 9.72 Å². The molecule has 0 aromatic carbocycles. The van der Waals surface area contributed by atoms with Gasteiger partial charge in [-0.25, -0.2) is 9.37 Å². The van der Waals surface area contributed by atoms with Crippen molar-refractivity contribution in [3.8, 4) is 5.88 Å². The minimum atomic E-state index is -5.05. The molecule has 0 atom stereocenters. The summed E-state index contributed by atoms with van der Waals surface area (Å²) in [6, 6.07) is 0. The molecule has 0 unspecified atom stereocenters. The molecule has 18 heavy (non-hydrogen) atoms. The fourth-order valence-corrected chi connectivity index (χ4v) is 1.30. The summed E-state index contributed by atoms with van der Waals surface area (Å²) in [5.41, 5.74) is 4.27. The van der Waals surface area contributed by atoms with E-state index in [4.69, 9.17) is 10.8 Å². The third kappa shape index (κ3) is 3.55. The molecule has 3 N–H and O–H groups in total. The maximum atomic E-state index is 13.2. The van der Waals surface area contributed by atoms with Crippen LogP contribution in [-0.2, 0) is 17.8 Å². The molecule has 9 heteroatoms. The average Bonchev–Trinajstić information content (AvgIpc) is 2.20. The van der Waals surface area contributed by atoms with Gasteiger partial charge in [0, 0.05) is 17.7 Å². The van der Waals surface area contributed by atoms with Crippen LogP contribution >= 0.6 is 0 Å². The van der Waals surface area contributed by atoms with Gasteiger partial charge in [0.25, 0.3) is 0 Å². The Morgan fingerprint density at radius 3 is 2.50 bits per heavy atom. The first-order valence-corrected chi connectivity index (χ1v) is 4.58. The minimum Gasteiger partial charge on any atom is -0.481 e. The lowest BCUT2D eigenvalue weighted by Crippen LogP contribution is -2.21. The summed E-state index contributed by atoms with van der Waals surface area (Å²) in [7, 11) is 0. The Labute approximate surface area is 98.2 Å². The van der Waals surface area contributed by atoms with Crippen molar-refractivity contribution in [3.63, 3.8) is 0 Å². The number of nitrogens with zero attached hydrogens (tertiary/aromatic N) is 1. The van der Waals surface area contributed by atoms with Crippen molar-refractivity contribution >= 4 is 5.97 Å². The molecule has 5 nitrogen and oxygen atoms in total. The number of carboxylic acids is 1. The third-order valence-corrected chi connectivity index (χ3v) is 1.95. The van der Waals surface area contributed by atoms with Crippen LogP contribution in [0.4, 0.5) is 17.6 Å². The Bertz CT molecular complexity index is 462. The van der Waals surface area contributed by atoms with E-state index < -0.39 is 42.6 Å². The summed E-state index contributed by atoms with van der Waals surface area (Å²) in [6.45, 7) is -0.467. The Hall–Kier alpha value is -1.90. The van der Waals surface area contributed by atoms with E-state index in [1.165, 1.54) is 0 Å². The van der Waals surface area contributed by atoms with E-state index in [0.717, 1.165) is 0 Å². The second-order valence-corrected chi connectivity index (χ2v) is 3.19. The number of pyridine rings is 1. The maximum absolute atomic E-state index is 13.2. The fourth-order valence-electron chi connectivity index (χ4n) is 1.30. The molecule has 1 aromatic heterocycles. The normalized spacial score (nSPS) is 11.4. The van der Waals surface area contributed by atoms with E-state index in [1.807, 2.05) is 0 Å². The van der Waals surface area contributed by atoms with E-state index in [1.54, 1.807) is 0 Å². The Morgan fingerprint density at radius 2 is 2.06 bits per heavy atom. The Morgan fingerprint density at radius 1 is 1.44 bits per heavy atom. The van der Waals surface area contributed by atoms with Crippen molar-refractivity contribution in [1.29, 1.82) is 0 Å². The topological polar surface area (TPSA) is 85.4 Å². The molecule has 0 radical (unpaired) electrons. The van der Waals surface area contributed by atoms with Gasteiger partial charge >= 0.3 is 12.3 Å². The van der Waals surface area contributed by atoms with Crippen LogP contribution in [0.3, 0.4) is 0 Å². The Kier molecular flexibility index (Phi) is 4.07. The number of hydrogen-bond acceptors (Lipinski definition) is 4. The van der Waals surface area contributed by atoms with Gasteiger partial charge in [-0.2, -0.15) is 0 Å². The quantitative estimate of drug-likeness (QED) is 0.801. The van der Waals surface area contributed by atoms with E-state index in [0.29, 0.717) is 6.20 Å². The number of aromatic nitrogens is 1. The van der Waals surface area contributed by atoms with Gasteiger partial charge in [-0.05, 0) is 0 Å². The first-order chi connectivity index (χ1) is 8.24. The van der Waals surface area contributed by atoms with Crippen LogP contribution in [0.5, 0.6) is 5.88 Å². The van der Waals surface area contributed by atoms with Crippen molar-refractivity contribution < 1.29 is 32.2 Å². The van der Waals surface area contributed by atoms with Crippen LogP contribution in [-0.4, -0.2) is 22.4 Å². The van der Waals surface area contributed by atoms with Gasteiger partial charge in [-0.1, -0.05) is 0 Å². The van der Waals surface area contributed by atoms with Gasteiger partial charge in [-0.3, -0.25) is 4.79 Å². The highest BCUT2D eigenvalue weighted by Crippen LogP contribution is 2.28. The van der Waals surface area contributed by atoms with Gasteiger partial charge in [0.1, 0.15) is 5.82 Å². The first kappa shape index (κ1) is 14.2. The molecule has 0 aliphatic carbocycles. The molecule has 0 bridgehead atoms. The number of ether oxygens (including phenoxy) is 1. The van der Waals surface area contributed by atoms with Crippen molar-refractivity contribution in [1.82, 2.24) is 4.98 Å². The van der Waals surface area contributed by atoms with Crippen LogP contribution in [0, 0.1) is 5.82 Å². The lowest BCUT2D eigenvalue weighted by atomic mass is 10.1. The van der Waals surface area contributed by atoms with Gasteiger partial charge in [-0.15, -0.1) is 13.2 Å². The summed E-state index contributed by atoms with van der Waals surface area (Å²) < 4.78 is 53.0. The molecule has 0 aliphatic rings. The molecule has 0 fully saturated rings.